The van der Waals surface area contributed by atoms with Gasteiger partial charge in [-0.3, -0.25) is 10.2 Å². The second-order valence-electron chi connectivity index (χ2n) is 3.66. The summed E-state index contributed by atoms with van der Waals surface area (Å²) >= 11 is 0. The Balaban J connectivity index is 2.37. The summed E-state index contributed by atoms with van der Waals surface area (Å²) in [4.78, 5) is 14.9. The molecule has 3 N–H and O–H groups in total. The van der Waals surface area contributed by atoms with E-state index in [-0.39, 0.29) is 12.1 Å². The van der Waals surface area contributed by atoms with Crippen molar-refractivity contribution in [3.05, 3.63) is 35.8 Å². The number of imidazole rings is 1. The lowest BCUT2D eigenvalue weighted by Crippen LogP contribution is -2.31. The van der Waals surface area contributed by atoms with E-state index in [4.69, 9.17) is 5.84 Å². The summed E-state index contributed by atoms with van der Waals surface area (Å²) in [6.45, 7) is 0. The van der Waals surface area contributed by atoms with Gasteiger partial charge in [0.1, 0.15) is 5.65 Å². The van der Waals surface area contributed by atoms with Gasteiger partial charge in [0, 0.05) is 12.4 Å². The van der Waals surface area contributed by atoms with Crippen LogP contribution in [0, 0.1) is 0 Å². The van der Waals surface area contributed by atoms with E-state index in [1.165, 1.54) is 16.8 Å². The average Bonchev–Trinajstić information content (AvgIpc) is 2.68. The van der Waals surface area contributed by atoms with Crippen molar-refractivity contribution in [2.45, 2.75) is 12.6 Å². The lowest BCUT2D eigenvalue weighted by Gasteiger charge is -2.05. The quantitative estimate of drug-likeness (QED) is 0.477. The van der Waals surface area contributed by atoms with Crippen LogP contribution >= 0.6 is 0 Å². The van der Waals surface area contributed by atoms with Gasteiger partial charge in [0.25, 0.3) is 0 Å². The van der Waals surface area contributed by atoms with Crippen LogP contribution in [0.25, 0.3) is 5.65 Å². The van der Waals surface area contributed by atoms with Gasteiger partial charge in [0.15, 0.2) is 0 Å². The summed E-state index contributed by atoms with van der Waals surface area (Å²) < 4.78 is 38.8. The second-order valence-corrected chi connectivity index (χ2v) is 3.66. The van der Waals surface area contributed by atoms with Crippen LogP contribution in [-0.4, -0.2) is 15.3 Å². The van der Waals surface area contributed by atoms with Gasteiger partial charge in [-0.25, -0.2) is 10.8 Å². The van der Waals surface area contributed by atoms with E-state index in [9.17, 15) is 18.0 Å². The Kier molecular flexibility index (Phi) is 2.95. The minimum atomic E-state index is -4.41. The molecule has 2 rings (SSSR count). The average molecular weight is 258 g/mol. The highest BCUT2D eigenvalue weighted by molar-refractivity contribution is 5.77. The van der Waals surface area contributed by atoms with Gasteiger partial charge < -0.3 is 4.40 Å². The Bertz CT molecular complexity index is 590. The van der Waals surface area contributed by atoms with E-state index in [0.717, 1.165) is 12.1 Å². The Labute approximate surface area is 99.4 Å². The standard InChI is InChI=1S/C10H9F3N4O/c11-10(12,13)6-1-2-17-5-7(4-9(18)16-14)15-8(17)3-6/h1-3,5H,4,14H2,(H,16,18). The number of pyridine rings is 1. The summed E-state index contributed by atoms with van der Waals surface area (Å²) in [5.74, 6) is 4.45. The van der Waals surface area contributed by atoms with Crippen LogP contribution in [0.1, 0.15) is 11.3 Å². The van der Waals surface area contributed by atoms with Crippen molar-refractivity contribution in [1.29, 1.82) is 0 Å². The molecule has 2 heterocycles. The normalized spacial score (nSPS) is 11.8. The lowest BCUT2D eigenvalue weighted by atomic mass is 10.2. The minimum Gasteiger partial charge on any atom is -0.307 e. The van der Waals surface area contributed by atoms with Crippen LogP contribution in [0.3, 0.4) is 0 Å². The number of amides is 1. The highest BCUT2D eigenvalue weighted by atomic mass is 19.4. The zero-order chi connectivity index (χ0) is 13.3. The highest BCUT2D eigenvalue weighted by Gasteiger charge is 2.30. The number of aromatic nitrogens is 2. The highest BCUT2D eigenvalue weighted by Crippen LogP contribution is 2.29. The van der Waals surface area contributed by atoms with Crippen LogP contribution in [0.4, 0.5) is 13.2 Å². The molecular weight excluding hydrogens is 249 g/mol. The summed E-state index contributed by atoms with van der Waals surface area (Å²) in [5.41, 5.74) is 1.62. The van der Waals surface area contributed by atoms with Crippen LogP contribution in [0.5, 0.6) is 0 Å². The fraction of sp³-hybridized carbons (Fsp3) is 0.200. The summed E-state index contributed by atoms with van der Waals surface area (Å²) in [7, 11) is 0. The molecule has 1 amide bonds. The number of halogens is 3. The zero-order valence-electron chi connectivity index (χ0n) is 9.03. The monoisotopic (exact) mass is 258 g/mol. The van der Waals surface area contributed by atoms with E-state index < -0.39 is 17.6 Å². The molecule has 0 aliphatic carbocycles. The number of rotatable bonds is 2. The maximum Gasteiger partial charge on any atom is 0.416 e. The smallest absolute Gasteiger partial charge is 0.307 e. The molecule has 0 saturated carbocycles. The molecule has 0 radical (unpaired) electrons. The fourth-order valence-corrected chi connectivity index (χ4v) is 1.51. The molecule has 0 bridgehead atoms. The summed E-state index contributed by atoms with van der Waals surface area (Å²) in [5, 5.41) is 0. The number of hydrogen-bond donors (Lipinski definition) is 2. The number of hydrazine groups is 1. The van der Waals surface area contributed by atoms with Crippen LogP contribution in [0.15, 0.2) is 24.5 Å². The molecule has 18 heavy (non-hydrogen) atoms. The fourth-order valence-electron chi connectivity index (χ4n) is 1.51. The molecule has 0 aliphatic rings. The van der Waals surface area contributed by atoms with Gasteiger partial charge in [0.2, 0.25) is 5.91 Å². The Morgan fingerprint density at radius 1 is 1.50 bits per heavy atom. The summed E-state index contributed by atoms with van der Waals surface area (Å²) in [6.07, 6.45) is -1.78. The van der Waals surface area contributed by atoms with Crippen molar-refractivity contribution < 1.29 is 18.0 Å². The number of nitrogens with zero attached hydrogens (tertiary/aromatic N) is 2. The molecule has 0 unspecified atom stereocenters. The van der Waals surface area contributed by atoms with Crippen molar-refractivity contribution in [1.82, 2.24) is 14.8 Å². The Morgan fingerprint density at radius 2 is 2.22 bits per heavy atom. The molecule has 0 saturated heterocycles. The molecule has 0 aromatic carbocycles. The van der Waals surface area contributed by atoms with Gasteiger partial charge >= 0.3 is 6.18 Å². The van der Waals surface area contributed by atoms with E-state index in [0.29, 0.717) is 5.69 Å². The van der Waals surface area contributed by atoms with Crippen molar-refractivity contribution in [2.24, 2.45) is 5.84 Å². The third kappa shape index (κ3) is 2.43. The van der Waals surface area contributed by atoms with E-state index in [1.807, 2.05) is 5.43 Å². The summed E-state index contributed by atoms with van der Waals surface area (Å²) in [6, 6.07) is 1.87. The molecule has 0 atom stereocenters. The molecule has 5 nitrogen and oxygen atoms in total. The maximum absolute atomic E-state index is 12.5. The van der Waals surface area contributed by atoms with Crippen molar-refractivity contribution in [2.75, 3.05) is 0 Å². The van der Waals surface area contributed by atoms with Gasteiger partial charge in [-0.2, -0.15) is 13.2 Å². The minimum absolute atomic E-state index is 0.0838. The third-order valence-electron chi connectivity index (χ3n) is 2.34. The molecule has 8 heteroatoms. The SMILES string of the molecule is NNC(=O)Cc1cn2ccc(C(F)(F)F)cc2n1. The van der Waals surface area contributed by atoms with Gasteiger partial charge in [-0.15, -0.1) is 0 Å². The predicted molar refractivity (Wildman–Crippen MR) is 56.2 cm³/mol. The number of nitrogens with one attached hydrogen (secondary N) is 1. The number of nitrogens with two attached hydrogens (primary N) is 1. The van der Waals surface area contributed by atoms with E-state index in [1.54, 1.807) is 0 Å². The van der Waals surface area contributed by atoms with Gasteiger partial charge in [-0.1, -0.05) is 0 Å². The van der Waals surface area contributed by atoms with Crippen LogP contribution < -0.4 is 11.3 Å². The topological polar surface area (TPSA) is 72.4 Å². The first-order valence-corrected chi connectivity index (χ1v) is 4.94. The maximum atomic E-state index is 12.5. The first-order chi connectivity index (χ1) is 8.40. The number of carbonyl (C=O) groups excluding carboxylic acids is 1. The Morgan fingerprint density at radius 3 is 2.83 bits per heavy atom. The lowest BCUT2D eigenvalue weighted by molar-refractivity contribution is -0.137. The second kappa shape index (κ2) is 4.30. The van der Waals surface area contributed by atoms with Crippen molar-refractivity contribution >= 4 is 11.6 Å². The largest absolute Gasteiger partial charge is 0.416 e. The number of carbonyl (C=O) groups is 1. The number of fused-ring (bicyclic) bond motifs is 1. The molecule has 0 spiro atoms. The third-order valence-corrected chi connectivity index (χ3v) is 2.34. The van der Waals surface area contributed by atoms with Crippen LogP contribution in [-0.2, 0) is 17.4 Å². The first kappa shape index (κ1) is 12.4. The van der Waals surface area contributed by atoms with Crippen LogP contribution in [0.2, 0.25) is 0 Å². The molecule has 96 valence electrons. The predicted octanol–water partition coefficient (Wildman–Crippen LogP) is 0.886. The molecule has 2 aromatic heterocycles. The zero-order valence-corrected chi connectivity index (χ0v) is 9.03. The Hall–Kier alpha value is -2.09. The molecule has 2 aromatic rings. The van der Waals surface area contributed by atoms with Gasteiger partial charge in [-0.05, 0) is 12.1 Å². The number of alkyl halides is 3. The van der Waals surface area contributed by atoms with E-state index >= 15 is 0 Å². The molecule has 0 aliphatic heterocycles. The first-order valence-electron chi connectivity index (χ1n) is 4.94. The number of hydrogen-bond acceptors (Lipinski definition) is 3. The van der Waals surface area contributed by atoms with E-state index in [2.05, 4.69) is 4.98 Å². The van der Waals surface area contributed by atoms with Gasteiger partial charge in [0.05, 0.1) is 17.7 Å². The van der Waals surface area contributed by atoms with Crippen molar-refractivity contribution in [3.63, 3.8) is 0 Å². The molecule has 0 fully saturated rings. The van der Waals surface area contributed by atoms with Crippen molar-refractivity contribution in [3.8, 4) is 0 Å². The molecular formula is C10H9F3N4O.